The molecule has 0 saturated heterocycles. The molecule has 1 heterocycles. The molecular formula is C17H23NO2. The molecule has 0 amide bonds. The summed E-state index contributed by atoms with van der Waals surface area (Å²) in [6, 6.07) is 14.1. The van der Waals surface area contributed by atoms with E-state index >= 15 is 0 Å². The monoisotopic (exact) mass is 273 g/mol. The van der Waals surface area contributed by atoms with Gasteiger partial charge in [-0.1, -0.05) is 44.2 Å². The van der Waals surface area contributed by atoms with Gasteiger partial charge in [-0.05, 0) is 30.0 Å². The van der Waals surface area contributed by atoms with E-state index in [1.165, 1.54) is 0 Å². The molecule has 0 bridgehead atoms. The van der Waals surface area contributed by atoms with Gasteiger partial charge in [0, 0.05) is 6.04 Å². The molecule has 0 radical (unpaired) electrons. The third-order valence-corrected chi connectivity index (χ3v) is 3.34. The number of hydrogen-bond donors (Lipinski definition) is 2. The molecule has 2 aromatic rings. The summed E-state index contributed by atoms with van der Waals surface area (Å²) in [5, 5.41) is 13.1. The van der Waals surface area contributed by atoms with Gasteiger partial charge in [-0.25, -0.2) is 0 Å². The molecular weight excluding hydrogens is 250 g/mol. The molecule has 0 spiro atoms. The van der Waals surface area contributed by atoms with Crippen LogP contribution in [-0.4, -0.2) is 17.8 Å². The summed E-state index contributed by atoms with van der Waals surface area (Å²) in [6.07, 6.45) is 2.61. The highest BCUT2D eigenvalue weighted by Gasteiger charge is 2.21. The molecule has 0 aliphatic rings. The minimum Gasteiger partial charge on any atom is -0.467 e. The summed E-state index contributed by atoms with van der Waals surface area (Å²) in [6.45, 7) is 4.45. The SMILES string of the molecule is CC(C)CC(CO)NC(c1ccccc1)c1ccco1. The van der Waals surface area contributed by atoms with Gasteiger partial charge in [-0.2, -0.15) is 0 Å². The first-order chi connectivity index (χ1) is 9.70. The quantitative estimate of drug-likeness (QED) is 0.813. The molecule has 1 aromatic carbocycles. The summed E-state index contributed by atoms with van der Waals surface area (Å²) < 4.78 is 5.56. The average Bonchev–Trinajstić information content (AvgIpc) is 2.97. The van der Waals surface area contributed by atoms with Gasteiger partial charge in [0.2, 0.25) is 0 Å². The van der Waals surface area contributed by atoms with Crippen LogP contribution in [0.5, 0.6) is 0 Å². The normalized spacial score (nSPS) is 14.4. The maximum atomic E-state index is 9.58. The fourth-order valence-electron chi connectivity index (χ4n) is 2.44. The van der Waals surface area contributed by atoms with Crippen LogP contribution in [0.4, 0.5) is 0 Å². The van der Waals surface area contributed by atoms with Crippen molar-refractivity contribution in [2.24, 2.45) is 5.92 Å². The Morgan fingerprint density at radius 1 is 1.10 bits per heavy atom. The molecule has 108 valence electrons. The van der Waals surface area contributed by atoms with E-state index < -0.39 is 0 Å². The molecule has 2 N–H and O–H groups in total. The Bertz CT molecular complexity index is 479. The first-order valence-electron chi connectivity index (χ1n) is 7.16. The van der Waals surface area contributed by atoms with E-state index in [1.54, 1.807) is 6.26 Å². The van der Waals surface area contributed by atoms with Crippen molar-refractivity contribution in [2.75, 3.05) is 6.61 Å². The standard InChI is InChI=1S/C17H23NO2/c1-13(2)11-15(12-19)18-17(16-9-6-10-20-16)14-7-4-3-5-8-14/h3-10,13,15,17-19H,11-12H2,1-2H3. The number of aliphatic hydroxyl groups is 1. The van der Waals surface area contributed by atoms with Crippen LogP contribution in [0.2, 0.25) is 0 Å². The van der Waals surface area contributed by atoms with Gasteiger partial charge < -0.3 is 9.52 Å². The first-order valence-corrected chi connectivity index (χ1v) is 7.16. The molecule has 0 fully saturated rings. The van der Waals surface area contributed by atoms with Gasteiger partial charge in [-0.3, -0.25) is 5.32 Å². The van der Waals surface area contributed by atoms with Crippen molar-refractivity contribution in [3.8, 4) is 0 Å². The average molecular weight is 273 g/mol. The van der Waals surface area contributed by atoms with Crippen LogP contribution in [0.15, 0.2) is 53.1 Å². The van der Waals surface area contributed by atoms with Gasteiger partial charge in [-0.15, -0.1) is 0 Å². The van der Waals surface area contributed by atoms with Crippen LogP contribution in [0.1, 0.15) is 37.6 Å². The number of furan rings is 1. The second kappa shape index (κ2) is 7.27. The predicted molar refractivity (Wildman–Crippen MR) is 80.5 cm³/mol. The van der Waals surface area contributed by atoms with Gasteiger partial charge in [0.25, 0.3) is 0 Å². The van der Waals surface area contributed by atoms with E-state index in [2.05, 4.69) is 31.3 Å². The van der Waals surface area contributed by atoms with Gasteiger partial charge in [0.1, 0.15) is 5.76 Å². The minimum atomic E-state index is -0.0258. The Morgan fingerprint density at radius 2 is 1.85 bits per heavy atom. The number of nitrogens with one attached hydrogen (secondary N) is 1. The van der Waals surface area contributed by atoms with Crippen LogP contribution in [0.3, 0.4) is 0 Å². The van der Waals surface area contributed by atoms with E-state index in [0.29, 0.717) is 5.92 Å². The van der Waals surface area contributed by atoms with Gasteiger partial charge in [0.15, 0.2) is 0 Å². The maximum Gasteiger partial charge on any atom is 0.125 e. The fraction of sp³-hybridized carbons (Fsp3) is 0.412. The smallest absolute Gasteiger partial charge is 0.125 e. The lowest BCUT2D eigenvalue weighted by molar-refractivity contribution is 0.214. The summed E-state index contributed by atoms with van der Waals surface area (Å²) in [4.78, 5) is 0. The Morgan fingerprint density at radius 3 is 2.40 bits per heavy atom. The van der Waals surface area contributed by atoms with Crippen molar-refractivity contribution >= 4 is 0 Å². The third kappa shape index (κ3) is 3.95. The van der Waals surface area contributed by atoms with E-state index in [9.17, 15) is 5.11 Å². The topological polar surface area (TPSA) is 45.4 Å². The number of benzene rings is 1. The first kappa shape index (κ1) is 14.8. The summed E-state index contributed by atoms with van der Waals surface area (Å²) in [7, 11) is 0. The highest BCUT2D eigenvalue weighted by molar-refractivity contribution is 5.26. The van der Waals surface area contributed by atoms with Crippen molar-refractivity contribution in [3.05, 3.63) is 60.1 Å². The fourth-order valence-corrected chi connectivity index (χ4v) is 2.44. The van der Waals surface area contributed by atoms with Crippen LogP contribution in [0, 0.1) is 5.92 Å². The molecule has 20 heavy (non-hydrogen) atoms. The molecule has 1 aromatic heterocycles. The molecule has 3 heteroatoms. The molecule has 0 aliphatic carbocycles. The zero-order valence-corrected chi connectivity index (χ0v) is 12.1. The zero-order chi connectivity index (χ0) is 14.4. The van der Waals surface area contributed by atoms with Crippen LogP contribution < -0.4 is 5.32 Å². The summed E-state index contributed by atoms with van der Waals surface area (Å²) in [5.41, 5.74) is 1.14. The van der Waals surface area contributed by atoms with E-state index in [-0.39, 0.29) is 18.7 Å². The van der Waals surface area contributed by atoms with Crippen LogP contribution in [-0.2, 0) is 0 Å². The van der Waals surface area contributed by atoms with Crippen LogP contribution in [0.25, 0.3) is 0 Å². The lowest BCUT2D eigenvalue weighted by Gasteiger charge is -2.25. The molecule has 2 atom stereocenters. The Labute approximate surface area is 120 Å². The van der Waals surface area contributed by atoms with Gasteiger partial charge in [0.05, 0.1) is 18.9 Å². The number of aliphatic hydroxyl groups excluding tert-OH is 1. The van der Waals surface area contributed by atoms with E-state index in [1.807, 2.05) is 30.3 Å². The predicted octanol–water partition coefficient (Wildman–Crippen LogP) is 3.37. The molecule has 2 rings (SSSR count). The Balaban J connectivity index is 2.19. The second-order valence-electron chi connectivity index (χ2n) is 5.53. The Hall–Kier alpha value is -1.58. The number of hydrogen-bond acceptors (Lipinski definition) is 3. The van der Waals surface area contributed by atoms with Crippen molar-refractivity contribution in [1.29, 1.82) is 0 Å². The maximum absolute atomic E-state index is 9.58. The minimum absolute atomic E-state index is 0.0258. The molecule has 0 saturated carbocycles. The second-order valence-corrected chi connectivity index (χ2v) is 5.53. The summed E-state index contributed by atoms with van der Waals surface area (Å²) >= 11 is 0. The lowest BCUT2D eigenvalue weighted by Crippen LogP contribution is -2.37. The lowest BCUT2D eigenvalue weighted by atomic mass is 9.99. The third-order valence-electron chi connectivity index (χ3n) is 3.34. The zero-order valence-electron chi connectivity index (χ0n) is 12.1. The Kier molecular flexibility index (Phi) is 5.39. The van der Waals surface area contributed by atoms with Crippen molar-refractivity contribution < 1.29 is 9.52 Å². The van der Waals surface area contributed by atoms with Crippen LogP contribution >= 0.6 is 0 Å². The van der Waals surface area contributed by atoms with Crippen molar-refractivity contribution in [1.82, 2.24) is 5.32 Å². The number of rotatable bonds is 7. The molecule has 0 aliphatic heterocycles. The van der Waals surface area contributed by atoms with Crippen molar-refractivity contribution in [3.63, 3.8) is 0 Å². The largest absolute Gasteiger partial charge is 0.467 e. The highest BCUT2D eigenvalue weighted by Crippen LogP contribution is 2.23. The van der Waals surface area contributed by atoms with E-state index in [4.69, 9.17) is 4.42 Å². The molecule has 3 nitrogen and oxygen atoms in total. The summed E-state index contributed by atoms with van der Waals surface area (Å²) in [5.74, 6) is 1.41. The van der Waals surface area contributed by atoms with Gasteiger partial charge >= 0.3 is 0 Å². The molecule has 2 unspecified atom stereocenters. The van der Waals surface area contributed by atoms with E-state index in [0.717, 1.165) is 17.7 Å². The van der Waals surface area contributed by atoms with Crippen molar-refractivity contribution in [2.45, 2.75) is 32.4 Å². The highest BCUT2D eigenvalue weighted by atomic mass is 16.3.